The van der Waals surface area contributed by atoms with Crippen molar-refractivity contribution in [3.63, 3.8) is 0 Å². The maximum Gasteiger partial charge on any atom is 0.178 e. The van der Waals surface area contributed by atoms with E-state index in [0.717, 1.165) is 28.3 Å². The van der Waals surface area contributed by atoms with Gasteiger partial charge in [0.1, 0.15) is 6.07 Å². The van der Waals surface area contributed by atoms with Gasteiger partial charge in [-0.25, -0.2) is 0 Å². The largest absolute Gasteiger partial charge is 0.329 e. The van der Waals surface area contributed by atoms with Crippen LogP contribution in [0.3, 0.4) is 0 Å². The molecule has 4 rings (SSSR count). The number of aromatic nitrogens is 2. The molecule has 2 unspecified atom stereocenters. The molecule has 2 fully saturated rings. The maximum absolute atomic E-state index is 9.25. The summed E-state index contributed by atoms with van der Waals surface area (Å²) in [4.78, 5) is 5.87. The van der Waals surface area contributed by atoms with Crippen LogP contribution in [0.4, 0.5) is 0 Å². The molecule has 1 N–H and O–H groups in total. The molecule has 0 aliphatic carbocycles. The van der Waals surface area contributed by atoms with E-state index >= 15 is 0 Å². The lowest BCUT2D eigenvalue weighted by atomic mass is 9.97. The molecule has 2 aliphatic rings. The summed E-state index contributed by atoms with van der Waals surface area (Å²) < 4.78 is 3.00. The van der Waals surface area contributed by atoms with Crippen LogP contribution in [0, 0.1) is 16.1 Å². The number of fused-ring (bicyclic) bond motifs is 2. The Bertz CT molecular complexity index is 782. The van der Waals surface area contributed by atoms with E-state index in [1.54, 1.807) is 0 Å². The zero-order valence-electron chi connectivity index (χ0n) is 11.9. The zero-order valence-corrected chi connectivity index (χ0v) is 12.7. The van der Waals surface area contributed by atoms with E-state index in [4.69, 9.17) is 12.2 Å². The van der Waals surface area contributed by atoms with E-state index in [-0.39, 0.29) is 0 Å². The van der Waals surface area contributed by atoms with Crippen molar-refractivity contribution in [2.24, 2.45) is 0 Å². The first-order valence-corrected chi connectivity index (χ1v) is 8.06. The van der Waals surface area contributed by atoms with Crippen molar-refractivity contribution in [3.05, 3.63) is 28.5 Å². The highest BCUT2D eigenvalue weighted by molar-refractivity contribution is 7.71. The molecule has 1 aromatic carbocycles. The number of H-pyrrole nitrogens is 1. The van der Waals surface area contributed by atoms with E-state index in [9.17, 15) is 5.26 Å². The van der Waals surface area contributed by atoms with Crippen LogP contribution in [0.25, 0.3) is 11.0 Å². The monoisotopic (exact) mass is 298 g/mol. The van der Waals surface area contributed by atoms with Crippen LogP contribution in [0.2, 0.25) is 0 Å². The van der Waals surface area contributed by atoms with Gasteiger partial charge in [0.25, 0.3) is 0 Å². The second kappa shape index (κ2) is 4.97. The van der Waals surface area contributed by atoms with Gasteiger partial charge in [0.15, 0.2) is 4.77 Å². The summed E-state index contributed by atoms with van der Waals surface area (Å²) in [7, 11) is 0. The molecule has 4 nitrogen and oxygen atoms in total. The number of rotatable bonds is 1. The van der Waals surface area contributed by atoms with Crippen LogP contribution in [-0.2, 0) is 0 Å². The number of aromatic amines is 1. The van der Waals surface area contributed by atoms with E-state index < -0.39 is 0 Å². The molecule has 0 bridgehead atoms. The number of hydrogen-bond donors (Lipinski definition) is 1. The molecule has 108 valence electrons. The van der Waals surface area contributed by atoms with Crippen LogP contribution in [0.1, 0.15) is 37.3 Å². The molecule has 2 aromatic rings. The van der Waals surface area contributed by atoms with Gasteiger partial charge in [0, 0.05) is 18.6 Å². The number of benzene rings is 1. The first-order chi connectivity index (χ1) is 10.3. The Morgan fingerprint density at radius 1 is 1.24 bits per heavy atom. The Kier molecular flexibility index (Phi) is 3.09. The average molecular weight is 298 g/mol. The van der Waals surface area contributed by atoms with Gasteiger partial charge in [0.2, 0.25) is 0 Å². The highest BCUT2D eigenvalue weighted by Gasteiger charge is 2.33. The molecule has 5 heteroatoms. The first kappa shape index (κ1) is 13.1. The second-order valence-corrected chi connectivity index (χ2v) is 6.51. The molecule has 3 heterocycles. The zero-order chi connectivity index (χ0) is 14.4. The first-order valence-electron chi connectivity index (χ1n) is 7.65. The summed E-state index contributed by atoms with van der Waals surface area (Å²) >= 11 is 5.55. The van der Waals surface area contributed by atoms with E-state index in [1.165, 1.54) is 32.4 Å². The Hall–Kier alpha value is -1.64. The third-order valence-corrected chi connectivity index (χ3v) is 5.33. The lowest BCUT2D eigenvalue weighted by Crippen LogP contribution is -2.38. The van der Waals surface area contributed by atoms with Gasteiger partial charge in [-0.2, -0.15) is 5.26 Å². The van der Waals surface area contributed by atoms with Crippen molar-refractivity contribution < 1.29 is 0 Å². The van der Waals surface area contributed by atoms with Gasteiger partial charge < -0.3 is 14.5 Å². The van der Waals surface area contributed by atoms with Crippen molar-refractivity contribution in [2.75, 3.05) is 13.1 Å². The summed E-state index contributed by atoms with van der Waals surface area (Å²) in [6.07, 6.45) is 4.97. The fourth-order valence-corrected chi connectivity index (χ4v) is 4.39. The SMILES string of the molecule is N#Cc1cccc2c1[nH]c(=S)n2C1CCN2CCCC2C1. The molecule has 0 spiro atoms. The summed E-state index contributed by atoms with van der Waals surface area (Å²) in [6, 6.07) is 9.29. The van der Waals surface area contributed by atoms with Crippen molar-refractivity contribution in [1.82, 2.24) is 14.5 Å². The molecular formula is C16H18N4S. The fraction of sp³-hybridized carbons (Fsp3) is 0.500. The third-order valence-electron chi connectivity index (χ3n) is 5.03. The Morgan fingerprint density at radius 3 is 3.00 bits per heavy atom. The second-order valence-electron chi connectivity index (χ2n) is 6.12. The lowest BCUT2D eigenvalue weighted by molar-refractivity contribution is 0.156. The quantitative estimate of drug-likeness (QED) is 0.821. The molecule has 2 atom stereocenters. The molecule has 1 aromatic heterocycles. The highest BCUT2D eigenvalue weighted by atomic mass is 32.1. The number of imidazole rings is 1. The highest BCUT2D eigenvalue weighted by Crippen LogP contribution is 2.35. The Morgan fingerprint density at radius 2 is 2.14 bits per heavy atom. The van der Waals surface area contributed by atoms with Crippen molar-refractivity contribution in [1.29, 1.82) is 5.26 Å². The van der Waals surface area contributed by atoms with E-state index in [0.29, 0.717) is 11.6 Å². The van der Waals surface area contributed by atoms with Gasteiger partial charge in [0.05, 0.1) is 16.6 Å². The van der Waals surface area contributed by atoms with E-state index in [2.05, 4.69) is 26.6 Å². The standard InChI is InChI=1S/C16H18N4S/c17-10-11-3-1-5-14-15(11)18-16(21)20(14)13-6-8-19-7-2-4-12(19)9-13/h1,3,5,12-13H,2,4,6-9H2,(H,18,21). The number of nitrogens with one attached hydrogen (secondary N) is 1. The van der Waals surface area contributed by atoms with Crippen LogP contribution >= 0.6 is 12.2 Å². The van der Waals surface area contributed by atoms with Crippen LogP contribution in [0.5, 0.6) is 0 Å². The van der Waals surface area contributed by atoms with Crippen molar-refractivity contribution in [3.8, 4) is 6.07 Å². The predicted molar refractivity (Wildman–Crippen MR) is 84.7 cm³/mol. The number of nitriles is 1. The predicted octanol–water partition coefficient (Wildman–Crippen LogP) is 3.37. The molecule has 21 heavy (non-hydrogen) atoms. The molecule has 0 saturated carbocycles. The van der Waals surface area contributed by atoms with Crippen LogP contribution in [0.15, 0.2) is 18.2 Å². The summed E-state index contributed by atoms with van der Waals surface area (Å²) in [5.74, 6) is 0. The lowest BCUT2D eigenvalue weighted by Gasteiger charge is -2.35. The Balaban J connectivity index is 1.78. The number of nitrogens with zero attached hydrogens (tertiary/aromatic N) is 3. The van der Waals surface area contributed by atoms with Crippen molar-refractivity contribution >= 4 is 23.3 Å². The summed E-state index contributed by atoms with van der Waals surface area (Å²) in [5, 5.41) is 9.25. The minimum absolute atomic E-state index is 0.458. The molecule has 0 radical (unpaired) electrons. The molecular weight excluding hydrogens is 280 g/mol. The number of hydrogen-bond acceptors (Lipinski definition) is 3. The van der Waals surface area contributed by atoms with E-state index in [1.807, 2.05) is 12.1 Å². The van der Waals surface area contributed by atoms with Crippen molar-refractivity contribution in [2.45, 2.75) is 37.8 Å². The van der Waals surface area contributed by atoms with Gasteiger partial charge in [-0.3, -0.25) is 0 Å². The normalized spacial score (nSPS) is 25.9. The van der Waals surface area contributed by atoms with Gasteiger partial charge in [-0.15, -0.1) is 0 Å². The number of para-hydroxylation sites is 1. The smallest absolute Gasteiger partial charge is 0.178 e. The molecule has 2 aliphatic heterocycles. The average Bonchev–Trinajstić information content (AvgIpc) is 3.08. The minimum atomic E-state index is 0.458. The van der Waals surface area contributed by atoms with Crippen LogP contribution in [-0.4, -0.2) is 33.6 Å². The minimum Gasteiger partial charge on any atom is -0.329 e. The fourth-order valence-electron chi connectivity index (χ4n) is 4.04. The third kappa shape index (κ3) is 2.02. The Labute approximate surface area is 129 Å². The summed E-state index contributed by atoms with van der Waals surface area (Å²) in [5.41, 5.74) is 2.64. The maximum atomic E-state index is 9.25. The summed E-state index contributed by atoms with van der Waals surface area (Å²) in [6.45, 7) is 2.43. The van der Waals surface area contributed by atoms with Crippen LogP contribution < -0.4 is 0 Å². The molecule has 2 saturated heterocycles. The molecule has 0 amide bonds. The van der Waals surface area contributed by atoms with Gasteiger partial charge in [-0.05, 0) is 56.6 Å². The number of piperidine rings is 1. The van der Waals surface area contributed by atoms with Gasteiger partial charge >= 0.3 is 0 Å². The van der Waals surface area contributed by atoms with Gasteiger partial charge in [-0.1, -0.05) is 6.07 Å². The topological polar surface area (TPSA) is 47.8 Å².